The Kier molecular flexibility index (Phi) is 2.56. The summed E-state index contributed by atoms with van der Waals surface area (Å²) in [5.74, 6) is 0.580. The van der Waals surface area contributed by atoms with Gasteiger partial charge in [0, 0.05) is 30.1 Å². The zero-order chi connectivity index (χ0) is 13.4. The molecule has 0 radical (unpaired) electrons. The van der Waals surface area contributed by atoms with Crippen LogP contribution in [-0.4, -0.2) is 25.9 Å². The van der Waals surface area contributed by atoms with Crippen molar-refractivity contribution in [3.8, 4) is 5.88 Å². The Morgan fingerprint density at radius 1 is 1.53 bits per heavy atom. The molecule has 3 rings (SSSR count). The Balaban J connectivity index is 2.10. The maximum atomic E-state index is 11.6. The van der Waals surface area contributed by atoms with E-state index < -0.39 is 0 Å². The molecule has 3 heterocycles. The number of aromatic hydroxyl groups is 1. The minimum absolute atomic E-state index is 0.0641. The number of fused-ring (bicyclic) bond motifs is 1. The van der Waals surface area contributed by atoms with Gasteiger partial charge in [0.2, 0.25) is 5.88 Å². The zero-order valence-corrected chi connectivity index (χ0v) is 10.3. The molecule has 0 fully saturated rings. The summed E-state index contributed by atoms with van der Waals surface area (Å²) < 4.78 is 1.27. The molecule has 2 aromatic rings. The van der Waals surface area contributed by atoms with E-state index in [0.29, 0.717) is 18.1 Å². The number of rotatable bonds is 2. The van der Waals surface area contributed by atoms with Gasteiger partial charge in [-0.05, 0) is 25.1 Å². The monoisotopic (exact) mass is 256 g/mol. The molecule has 19 heavy (non-hydrogen) atoms. The largest absolute Gasteiger partial charge is 0.493 e. The second-order valence-corrected chi connectivity index (χ2v) is 4.14. The summed E-state index contributed by atoms with van der Waals surface area (Å²) in [7, 11) is 0. The zero-order valence-electron chi connectivity index (χ0n) is 10.3. The lowest BCUT2D eigenvalue weighted by Gasteiger charge is -1.99. The molecule has 0 amide bonds. The lowest BCUT2D eigenvalue weighted by Crippen LogP contribution is -2.14. The molecule has 0 spiro atoms. The van der Waals surface area contributed by atoms with Crippen molar-refractivity contribution in [1.82, 2.24) is 14.5 Å². The highest BCUT2D eigenvalue weighted by atomic mass is 16.3. The molecule has 0 saturated heterocycles. The number of aromatic nitrogens is 3. The van der Waals surface area contributed by atoms with Crippen molar-refractivity contribution in [3.63, 3.8) is 0 Å². The molecular formula is C13H12N4O2. The Bertz CT molecular complexity index is 752. The van der Waals surface area contributed by atoms with Crippen molar-refractivity contribution < 1.29 is 5.11 Å². The number of pyridine rings is 1. The van der Waals surface area contributed by atoms with E-state index in [1.54, 1.807) is 25.4 Å². The van der Waals surface area contributed by atoms with E-state index in [0.717, 1.165) is 11.1 Å². The van der Waals surface area contributed by atoms with Gasteiger partial charge < -0.3 is 10.1 Å². The second-order valence-electron chi connectivity index (χ2n) is 4.14. The molecule has 1 aliphatic heterocycles. The van der Waals surface area contributed by atoms with Crippen molar-refractivity contribution in [2.45, 2.75) is 13.5 Å². The molecule has 0 aliphatic carbocycles. The van der Waals surface area contributed by atoms with Crippen LogP contribution in [0.5, 0.6) is 5.88 Å². The number of nitrogens with one attached hydrogen (secondary N) is 1. The average molecular weight is 256 g/mol. The summed E-state index contributed by atoms with van der Waals surface area (Å²) in [6.07, 6.45) is 5.03. The van der Waals surface area contributed by atoms with Crippen molar-refractivity contribution in [3.05, 3.63) is 40.1 Å². The van der Waals surface area contributed by atoms with Crippen LogP contribution < -0.4 is 5.69 Å². The fourth-order valence-corrected chi connectivity index (χ4v) is 2.07. The van der Waals surface area contributed by atoms with Crippen molar-refractivity contribution in [1.29, 1.82) is 0 Å². The SMILES string of the molecule is CCn1c(O)c(/C=C2\C=Nc3ncccc32)[nH]c1=O. The van der Waals surface area contributed by atoms with E-state index >= 15 is 0 Å². The molecule has 2 aromatic heterocycles. The molecule has 96 valence electrons. The highest BCUT2D eigenvalue weighted by molar-refractivity contribution is 6.20. The smallest absolute Gasteiger partial charge is 0.328 e. The third kappa shape index (κ3) is 1.77. The van der Waals surface area contributed by atoms with Gasteiger partial charge in [-0.15, -0.1) is 0 Å². The van der Waals surface area contributed by atoms with Crippen molar-refractivity contribution in [2.24, 2.45) is 4.99 Å². The number of nitrogens with zero attached hydrogens (tertiary/aromatic N) is 3. The van der Waals surface area contributed by atoms with Crippen molar-refractivity contribution >= 4 is 23.7 Å². The van der Waals surface area contributed by atoms with Crippen LogP contribution in [0.15, 0.2) is 28.1 Å². The topological polar surface area (TPSA) is 83.3 Å². The first-order chi connectivity index (χ1) is 9.20. The average Bonchev–Trinajstić information content (AvgIpc) is 2.93. The number of allylic oxidation sites excluding steroid dienone is 1. The van der Waals surface area contributed by atoms with E-state index in [1.165, 1.54) is 4.57 Å². The van der Waals surface area contributed by atoms with Crippen LogP contribution in [0.25, 0.3) is 11.6 Å². The first-order valence-electron chi connectivity index (χ1n) is 5.93. The number of hydrogen-bond donors (Lipinski definition) is 2. The molecule has 0 atom stereocenters. The maximum Gasteiger partial charge on any atom is 0.328 e. The van der Waals surface area contributed by atoms with Gasteiger partial charge in [-0.2, -0.15) is 0 Å². The van der Waals surface area contributed by atoms with Crippen LogP contribution in [0.4, 0.5) is 5.82 Å². The number of imidazole rings is 1. The lowest BCUT2D eigenvalue weighted by atomic mass is 10.1. The predicted octanol–water partition coefficient (Wildman–Crippen LogP) is 1.55. The van der Waals surface area contributed by atoms with Gasteiger partial charge in [0.15, 0.2) is 5.82 Å². The number of aromatic amines is 1. The third-order valence-electron chi connectivity index (χ3n) is 3.02. The van der Waals surface area contributed by atoms with E-state index in [-0.39, 0.29) is 11.6 Å². The van der Waals surface area contributed by atoms with Gasteiger partial charge in [0.05, 0.1) is 0 Å². The van der Waals surface area contributed by atoms with Crippen LogP contribution in [0.2, 0.25) is 0 Å². The van der Waals surface area contributed by atoms with Gasteiger partial charge >= 0.3 is 5.69 Å². The number of H-pyrrole nitrogens is 1. The fourth-order valence-electron chi connectivity index (χ4n) is 2.07. The molecule has 0 unspecified atom stereocenters. The minimum Gasteiger partial charge on any atom is -0.493 e. The van der Waals surface area contributed by atoms with Gasteiger partial charge in [0.1, 0.15) is 5.69 Å². The Morgan fingerprint density at radius 2 is 2.37 bits per heavy atom. The minimum atomic E-state index is -0.326. The third-order valence-corrected chi connectivity index (χ3v) is 3.02. The molecule has 1 aliphatic rings. The van der Waals surface area contributed by atoms with Crippen LogP contribution in [0.3, 0.4) is 0 Å². The molecule has 6 heteroatoms. The Hall–Kier alpha value is -2.63. The van der Waals surface area contributed by atoms with Crippen molar-refractivity contribution in [2.75, 3.05) is 0 Å². The van der Waals surface area contributed by atoms with Crippen LogP contribution >= 0.6 is 0 Å². The van der Waals surface area contributed by atoms with E-state index in [9.17, 15) is 9.90 Å². The van der Waals surface area contributed by atoms with Crippen LogP contribution in [-0.2, 0) is 6.54 Å². The summed E-state index contributed by atoms with van der Waals surface area (Å²) in [5, 5.41) is 9.94. The standard InChI is InChI=1S/C13H12N4O2/c1-2-17-12(18)10(16-13(17)19)6-8-7-15-11-9(8)4-3-5-14-11/h3-7,18H,2H2,1H3,(H,16,19)/b8-6+. The second kappa shape index (κ2) is 4.24. The highest BCUT2D eigenvalue weighted by Crippen LogP contribution is 2.30. The van der Waals surface area contributed by atoms with E-state index in [1.807, 2.05) is 12.1 Å². The Labute approximate surface area is 108 Å². The molecule has 0 saturated carbocycles. The fraction of sp³-hybridized carbons (Fsp3) is 0.154. The summed E-state index contributed by atoms with van der Waals surface area (Å²) in [4.78, 5) is 22.5. The molecule has 2 N–H and O–H groups in total. The summed E-state index contributed by atoms with van der Waals surface area (Å²) >= 11 is 0. The van der Waals surface area contributed by atoms with Crippen LogP contribution in [0, 0.1) is 0 Å². The first kappa shape index (κ1) is 11.5. The predicted molar refractivity (Wildman–Crippen MR) is 72.7 cm³/mol. The normalized spacial score (nSPS) is 15.1. The summed E-state index contributed by atoms with van der Waals surface area (Å²) in [6, 6.07) is 3.72. The summed E-state index contributed by atoms with van der Waals surface area (Å²) in [5.41, 5.74) is 1.74. The van der Waals surface area contributed by atoms with Gasteiger partial charge in [-0.3, -0.25) is 4.57 Å². The first-order valence-corrected chi connectivity index (χ1v) is 5.93. The quantitative estimate of drug-likeness (QED) is 0.855. The van der Waals surface area contributed by atoms with Gasteiger partial charge in [-0.1, -0.05) is 0 Å². The molecule has 6 nitrogen and oxygen atoms in total. The van der Waals surface area contributed by atoms with Gasteiger partial charge in [0.25, 0.3) is 0 Å². The molecule has 0 aromatic carbocycles. The number of aliphatic imine (C=N–C) groups is 1. The molecule has 0 bridgehead atoms. The van der Waals surface area contributed by atoms with Crippen LogP contribution in [0.1, 0.15) is 18.2 Å². The van der Waals surface area contributed by atoms with E-state index in [4.69, 9.17) is 0 Å². The van der Waals surface area contributed by atoms with E-state index in [2.05, 4.69) is 15.0 Å². The maximum absolute atomic E-state index is 11.6. The Morgan fingerprint density at radius 3 is 3.11 bits per heavy atom. The molecular weight excluding hydrogens is 244 g/mol. The van der Waals surface area contributed by atoms with Gasteiger partial charge in [-0.25, -0.2) is 14.8 Å². The lowest BCUT2D eigenvalue weighted by molar-refractivity contribution is 0.417. The summed E-state index contributed by atoms with van der Waals surface area (Å²) in [6.45, 7) is 2.21. The number of hydrogen-bond acceptors (Lipinski definition) is 4. The highest BCUT2D eigenvalue weighted by Gasteiger charge is 2.15.